The van der Waals surface area contributed by atoms with Gasteiger partial charge in [-0.25, -0.2) is 8.42 Å². The number of amides is 1. The molecule has 0 aromatic heterocycles. The second kappa shape index (κ2) is 9.21. The van der Waals surface area contributed by atoms with Crippen LogP contribution in [0.15, 0.2) is 47.4 Å². The van der Waals surface area contributed by atoms with Crippen LogP contribution in [0.3, 0.4) is 0 Å². The molecule has 0 heterocycles. The molecule has 2 aromatic carbocycles. The molecule has 1 amide bonds. The van der Waals surface area contributed by atoms with Crippen LogP contribution in [0.25, 0.3) is 0 Å². The Morgan fingerprint density at radius 2 is 1.57 bits per heavy atom. The standard InChI is InChI=1S/C21H28N2O4S/c1-6-23(7-2)28(25,26)20-10-8-18(9-11-20)22-21(24)17(5)27-19-13-15(3)12-16(4)14-19/h8-14,17H,6-7H2,1-5H3,(H,22,24)/t17-/m1/s1. The largest absolute Gasteiger partial charge is 0.481 e. The monoisotopic (exact) mass is 404 g/mol. The van der Waals surface area contributed by atoms with E-state index < -0.39 is 16.1 Å². The molecule has 0 saturated carbocycles. The Kier molecular flexibility index (Phi) is 7.21. The van der Waals surface area contributed by atoms with Gasteiger partial charge in [0.25, 0.3) is 5.91 Å². The number of carbonyl (C=O) groups excluding carboxylic acids is 1. The Bertz CT molecular complexity index is 900. The fraction of sp³-hybridized carbons (Fsp3) is 0.381. The van der Waals surface area contributed by atoms with Gasteiger partial charge in [-0.05, 0) is 68.3 Å². The molecule has 1 N–H and O–H groups in total. The van der Waals surface area contributed by atoms with Gasteiger partial charge in [0.1, 0.15) is 5.75 Å². The molecule has 152 valence electrons. The van der Waals surface area contributed by atoms with Crippen molar-refractivity contribution in [2.75, 3.05) is 18.4 Å². The number of hydrogen-bond acceptors (Lipinski definition) is 4. The normalized spacial score (nSPS) is 12.6. The lowest BCUT2D eigenvalue weighted by Crippen LogP contribution is -2.31. The minimum Gasteiger partial charge on any atom is -0.481 e. The van der Waals surface area contributed by atoms with Crippen LogP contribution in [0.5, 0.6) is 5.75 Å². The summed E-state index contributed by atoms with van der Waals surface area (Å²) < 4.78 is 32.1. The van der Waals surface area contributed by atoms with Crippen molar-refractivity contribution in [3.8, 4) is 5.75 Å². The molecule has 0 radical (unpaired) electrons. The fourth-order valence-electron chi connectivity index (χ4n) is 2.93. The molecule has 0 aliphatic carbocycles. The molecule has 0 saturated heterocycles. The average molecular weight is 405 g/mol. The van der Waals surface area contributed by atoms with Gasteiger partial charge in [-0.3, -0.25) is 4.79 Å². The first-order valence-electron chi connectivity index (χ1n) is 9.33. The Hall–Kier alpha value is -2.38. The number of anilines is 1. The predicted octanol–water partition coefficient (Wildman–Crippen LogP) is 3.74. The molecule has 0 aliphatic rings. The molecule has 28 heavy (non-hydrogen) atoms. The SMILES string of the molecule is CCN(CC)S(=O)(=O)c1ccc(NC(=O)[C@@H](C)Oc2cc(C)cc(C)c2)cc1. The molecule has 7 heteroatoms. The lowest BCUT2D eigenvalue weighted by Gasteiger charge is -2.19. The van der Waals surface area contributed by atoms with Gasteiger partial charge < -0.3 is 10.1 Å². The van der Waals surface area contributed by atoms with Crippen molar-refractivity contribution in [2.45, 2.75) is 45.6 Å². The van der Waals surface area contributed by atoms with Gasteiger partial charge in [0.05, 0.1) is 4.90 Å². The van der Waals surface area contributed by atoms with Crippen molar-refractivity contribution in [1.82, 2.24) is 4.31 Å². The minimum absolute atomic E-state index is 0.203. The van der Waals surface area contributed by atoms with E-state index in [0.717, 1.165) is 11.1 Å². The van der Waals surface area contributed by atoms with Crippen LogP contribution in [0.2, 0.25) is 0 Å². The van der Waals surface area contributed by atoms with E-state index in [1.54, 1.807) is 32.9 Å². The quantitative estimate of drug-likeness (QED) is 0.727. The lowest BCUT2D eigenvalue weighted by atomic mass is 10.1. The summed E-state index contributed by atoms with van der Waals surface area (Å²) in [5.41, 5.74) is 2.64. The molecule has 0 spiro atoms. The number of rotatable bonds is 8. The van der Waals surface area contributed by atoms with Gasteiger partial charge in [0, 0.05) is 18.8 Å². The first-order valence-corrected chi connectivity index (χ1v) is 10.8. The average Bonchev–Trinajstić information content (AvgIpc) is 2.62. The van der Waals surface area contributed by atoms with Crippen molar-refractivity contribution in [3.05, 3.63) is 53.6 Å². The van der Waals surface area contributed by atoms with E-state index in [2.05, 4.69) is 5.32 Å². The van der Waals surface area contributed by atoms with Crippen molar-refractivity contribution < 1.29 is 17.9 Å². The maximum Gasteiger partial charge on any atom is 0.265 e. The molecule has 6 nitrogen and oxygen atoms in total. The molecular formula is C21H28N2O4S. The van der Waals surface area contributed by atoms with Crippen molar-refractivity contribution >= 4 is 21.6 Å². The van der Waals surface area contributed by atoms with E-state index in [-0.39, 0.29) is 10.8 Å². The zero-order valence-corrected chi connectivity index (χ0v) is 17.8. The van der Waals surface area contributed by atoms with Gasteiger partial charge in [0.15, 0.2) is 6.10 Å². The number of benzene rings is 2. The first-order chi connectivity index (χ1) is 13.2. The summed E-state index contributed by atoms with van der Waals surface area (Å²) in [4.78, 5) is 12.6. The van der Waals surface area contributed by atoms with Crippen LogP contribution in [0, 0.1) is 13.8 Å². The second-order valence-electron chi connectivity index (χ2n) is 6.69. The maximum absolute atomic E-state index is 12.5. The topological polar surface area (TPSA) is 75.7 Å². The third-order valence-electron chi connectivity index (χ3n) is 4.34. The molecule has 1 atom stereocenters. The number of nitrogens with zero attached hydrogens (tertiary/aromatic N) is 1. The van der Waals surface area contributed by atoms with Crippen LogP contribution < -0.4 is 10.1 Å². The van der Waals surface area contributed by atoms with Crippen LogP contribution in [0.4, 0.5) is 5.69 Å². The molecule has 2 rings (SSSR count). The number of sulfonamides is 1. The van der Waals surface area contributed by atoms with Crippen LogP contribution in [-0.2, 0) is 14.8 Å². The van der Waals surface area contributed by atoms with E-state index in [4.69, 9.17) is 4.74 Å². The van der Waals surface area contributed by atoms with Crippen molar-refractivity contribution in [2.24, 2.45) is 0 Å². The zero-order valence-electron chi connectivity index (χ0n) is 17.0. The Labute approximate surface area is 167 Å². The number of carbonyl (C=O) groups is 1. The van der Waals surface area contributed by atoms with Crippen LogP contribution >= 0.6 is 0 Å². The number of nitrogens with one attached hydrogen (secondary N) is 1. The van der Waals surface area contributed by atoms with E-state index in [0.29, 0.717) is 24.5 Å². The van der Waals surface area contributed by atoms with Gasteiger partial charge in [-0.2, -0.15) is 4.31 Å². The minimum atomic E-state index is -3.52. The molecule has 2 aromatic rings. The summed E-state index contributed by atoms with van der Waals surface area (Å²) in [6.07, 6.45) is -0.694. The zero-order chi connectivity index (χ0) is 20.9. The summed E-state index contributed by atoms with van der Waals surface area (Å²) in [6, 6.07) is 12.0. The van der Waals surface area contributed by atoms with Gasteiger partial charge >= 0.3 is 0 Å². The first kappa shape index (κ1) is 21.9. The van der Waals surface area contributed by atoms with Crippen molar-refractivity contribution in [3.63, 3.8) is 0 Å². The summed E-state index contributed by atoms with van der Waals surface area (Å²) in [6.45, 7) is 10.0. The third-order valence-corrected chi connectivity index (χ3v) is 6.41. The van der Waals surface area contributed by atoms with E-state index in [9.17, 15) is 13.2 Å². The smallest absolute Gasteiger partial charge is 0.265 e. The molecule has 0 unspecified atom stereocenters. The third kappa shape index (κ3) is 5.33. The highest BCUT2D eigenvalue weighted by atomic mass is 32.2. The molecule has 0 bridgehead atoms. The Balaban J connectivity index is 2.06. The van der Waals surface area contributed by atoms with Gasteiger partial charge in [-0.15, -0.1) is 0 Å². The van der Waals surface area contributed by atoms with E-state index in [1.165, 1.54) is 16.4 Å². The van der Waals surface area contributed by atoms with E-state index >= 15 is 0 Å². The van der Waals surface area contributed by atoms with Gasteiger partial charge in [0.2, 0.25) is 10.0 Å². The van der Waals surface area contributed by atoms with E-state index in [1.807, 2.05) is 32.0 Å². The highest BCUT2D eigenvalue weighted by molar-refractivity contribution is 7.89. The summed E-state index contributed by atoms with van der Waals surface area (Å²) >= 11 is 0. The van der Waals surface area contributed by atoms with Crippen LogP contribution in [-0.4, -0.2) is 37.8 Å². The summed E-state index contributed by atoms with van der Waals surface area (Å²) in [5, 5.41) is 2.75. The molecular weight excluding hydrogens is 376 g/mol. The maximum atomic E-state index is 12.5. The Morgan fingerprint density at radius 3 is 2.07 bits per heavy atom. The van der Waals surface area contributed by atoms with Gasteiger partial charge in [-0.1, -0.05) is 19.9 Å². The predicted molar refractivity (Wildman–Crippen MR) is 111 cm³/mol. The number of ether oxygens (including phenoxy) is 1. The highest BCUT2D eigenvalue weighted by Gasteiger charge is 2.21. The summed E-state index contributed by atoms with van der Waals surface area (Å²) in [5.74, 6) is 0.333. The number of aryl methyl sites for hydroxylation is 2. The Morgan fingerprint density at radius 1 is 1.04 bits per heavy atom. The molecule has 0 aliphatic heterocycles. The second-order valence-corrected chi connectivity index (χ2v) is 8.62. The molecule has 0 fully saturated rings. The van der Waals surface area contributed by atoms with Crippen molar-refractivity contribution in [1.29, 1.82) is 0 Å². The number of hydrogen-bond donors (Lipinski definition) is 1. The fourth-order valence-corrected chi connectivity index (χ4v) is 4.38. The summed E-state index contributed by atoms with van der Waals surface area (Å²) in [7, 11) is -3.52. The van der Waals surface area contributed by atoms with Crippen LogP contribution in [0.1, 0.15) is 31.9 Å². The highest BCUT2D eigenvalue weighted by Crippen LogP contribution is 2.20. The lowest BCUT2D eigenvalue weighted by molar-refractivity contribution is -0.122.